The van der Waals surface area contributed by atoms with Gasteiger partial charge in [0.2, 0.25) is 5.91 Å². The van der Waals surface area contributed by atoms with Gasteiger partial charge in [-0.3, -0.25) is 9.69 Å². The molecule has 0 aliphatic carbocycles. The van der Waals surface area contributed by atoms with Gasteiger partial charge in [0.25, 0.3) is 0 Å². The van der Waals surface area contributed by atoms with Gasteiger partial charge in [0.05, 0.1) is 18.6 Å². The summed E-state index contributed by atoms with van der Waals surface area (Å²) in [5, 5.41) is 2.92. The van der Waals surface area contributed by atoms with Crippen LogP contribution in [0.5, 0.6) is 0 Å². The third-order valence-corrected chi connectivity index (χ3v) is 4.77. The number of carbonyl (C=O) groups excluding carboxylic acids is 2. The van der Waals surface area contributed by atoms with Crippen molar-refractivity contribution in [3.05, 3.63) is 65.5 Å². The summed E-state index contributed by atoms with van der Waals surface area (Å²) in [6.07, 6.45) is 1.78. The van der Waals surface area contributed by atoms with Crippen molar-refractivity contribution in [1.29, 1.82) is 0 Å². The number of piperidine rings is 1. The number of nitrogens with one attached hydrogen (secondary N) is 1. The average Bonchev–Trinajstić information content (AvgIpc) is 2.70. The molecule has 1 saturated heterocycles. The average molecular weight is 370 g/mol. The van der Waals surface area contributed by atoms with E-state index in [0.29, 0.717) is 24.3 Å². The number of hydrogen-bond donors (Lipinski definition) is 1. The molecule has 5 nitrogen and oxygen atoms in total. The first-order chi connectivity index (χ1) is 13.0. The van der Waals surface area contributed by atoms with E-state index in [-0.39, 0.29) is 17.6 Å². The van der Waals surface area contributed by atoms with Crippen molar-refractivity contribution in [3.63, 3.8) is 0 Å². The maximum absolute atomic E-state index is 13.0. The van der Waals surface area contributed by atoms with Gasteiger partial charge in [-0.05, 0) is 61.3 Å². The van der Waals surface area contributed by atoms with Crippen LogP contribution in [0.2, 0.25) is 0 Å². The molecule has 1 amide bonds. The quantitative estimate of drug-likeness (QED) is 0.819. The van der Waals surface area contributed by atoms with Gasteiger partial charge in [-0.25, -0.2) is 9.18 Å². The fourth-order valence-electron chi connectivity index (χ4n) is 3.31. The second-order valence-corrected chi connectivity index (χ2v) is 6.76. The summed E-state index contributed by atoms with van der Waals surface area (Å²) in [5.41, 5.74) is 2.14. The lowest BCUT2D eigenvalue weighted by atomic mass is 9.96. The van der Waals surface area contributed by atoms with Crippen LogP contribution in [0, 0.1) is 11.7 Å². The minimum atomic E-state index is -0.406. The molecule has 3 rings (SSSR count). The van der Waals surface area contributed by atoms with Gasteiger partial charge >= 0.3 is 5.97 Å². The Balaban J connectivity index is 1.56. The number of hydrogen-bond acceptors (Lipinski definition) is 4. The minimum Gasteiger partial charge on any atom is -0.465 e. The Morgan fingerprint density at radius 3 is 2.52 bits per heavy atom. The SMILES string of the molecule is COC(=O)c1ccc(NC(=O)C2CCCN(Cc3ccc(F)cc3)C2)cc1. The second-order valence-electron chi connectivity index (χ2n) is 6.76. The number of rotatable bonds is 5. The number of anilines is 1. The van der Waals surface area contributed by atoms with Crippen LogP contribution in [0.4, 0.5) is 10.1 Å². The van der Waals surface area contributed by atoms with Gasteiger partial charge in [-0.1, -0.05) is 12.1 Å². The summed E-state index contributed by atoms with van der Waals surface area (Å²) in [4.78, 5) is 26.3. The van der Waals surface area contributed by atoms with Gasteiger partial charge in [-0.2, -0.15) is 0 Å². The second kappa shape index (κ2) is 8.77. The first kappa shape index (κ1) is 19.0. The molecule has 1 heterocycles. The number of ether oxygens (including phenoxy) is 1. The molecule has 1 fully saturated rings. The van der Waals surface area contributed by atoms with Crippen LogP contribution in [-0.2, 0) is 16.1 Å². The number of nitrogens with zero attached hydrogens (tertiary/aromatic N) is 1. The maximum atomic E-state index is 13.0. The zero-order valence-corrected chi connectivity index (χ0v) is 15.3. The first-order valence-electron chi connectivity index (χ1n) is 9.01. The summed E-state index contributed by atoms with van der Waals surface area (Å²) in [7, 11) is 1.33. The molecule has 142 valence electrons. The van der Waals surface area contributed by atoms with Crippen LogP contribution in [0.3, 0.4) is 0 Å². The highest BCUT2D eigenvalue weighted by atomic mass is 19.1. The first-order valence-corrected chi connectivity index (χ1v) is 9.01. The van der Waals surface area contributed by atoms with Gasteiger partial charge in [0.15, 0.2) is 0 Å². The predicted molar refractivity (Wildman–Crippen MR) is 101 cm³/mol. The Morgan fingerprint density at radius 1 is 1.15 bits per heavy atom. The highest BCUT2D eigenvalue weighted by Gasteiger charge is 2.26. The van der Waals surface area contributed by atoms with Crippen molar-refractivity contribution in [3.8, 4) is 0 Å². The van der Waals surface area contributed by atoms with Gasteiger partial charge in [0.1, 0.15) is 5.82 Å². The van der Waals surface area contributed by atoms with Crippen molar-refractivity contribution in [2.24, 2.45) is 5.92 Å². The summed E-state index contributed by atoms with van der Waals surface area (Å²) < 4.78 is 17.7. The summed E-state index contributed by atoms with van der Waals surface area (Å²) in [6.45, 7) is 2.30. The Hall–Kier alpha value is -2.73. The molecule has 2 aromatic carbocycles. The topological polar surface area (TPSA) is 58.6 Å². The lowest BCUT2D eigenvalue weighted by molar-refractivity contribution is -0.121. The molecule has 1 aliphatic heterocycles. The van der Waals surface area contributed by atoms with Crippen LogP contribution in [0.15, 0.2) is 48.5 Å². The highest BCUT2D eigenvalue weighted by Crippen LogP contribution is 2.21. The molecule has 27 heavy (non-hydrogen) atoms. The number of amides is 1. The zero-order chi connectivity index (χ0) is 19.2. The molecule has 6 heteroatoms. The van der Waals surface area contributed by atoms with Crippen molar-refractivity contribution >= 4 is 17.6 Å². The van der Waals surface area contributed by atoms with E-state index >= 15 is 0 Å². The van der Waals surface area contributed by atoms with Crippen molar-refractivity contribution in [2.45, 2.75) is 19.4 Å². The van der Waals surface area contributed by atoms with Crippen LogP contribution >= 0.6 is 0 Å². The molecule has 0 spiro atoms. The Morgan fingerprint density at radius 2 is 1.85 bits per heavy atom. The van der Waals surface area contributed by atoms with E-state index < -0.39 is 5.97 Å². The van der Waals surface area contributed by atoms with E-state index in [0.717, 1.165) is 24.9 Å². The molecular formula is C21H23FN2O3. The Labute approximate surface area is 158 Å². The normalized spacial score (nSPS) is 17.3. The van der Waals surface area contributed by atoms with Crippen LogP contribution in [-0.4, -0.2) is 37.0 Å². The highest BCUT2D eigenvalue weighted by molar-refractivity contribution is 5.94. The fraction of sp³-hybridized carbons (Fsp3) is 0.333. The zero-order valence-electron chi connectivity index (χ0n) is 15.3. The van der Waals surface area contributed by atoms with E-state index in [1.165, 1.54) is 19.2 Å². The number of carbonyl (C=O) groups is 2. The third-order valence-electron chi connectivity index (χ3n) is 4.77. The fourth-order valence-corrected chi connectivity index (χ4v) is 3.31. The molecule has 1 unspecified atom stereocenters. The maximum Gasteiger partial charge on any atom is 0.337 e. The van der Waals surface area contributed by atoms with Gasteiger partial charge < -0.3 is 10.1 Å². The third kappa shape index (κ3) is 5.14. The largest absolute Gasteiger partial charge is 0.465 e. The van der Waals surface area contributed by atoms with Crippen molar-refractivity contribution in [2.75, 3.05) is 25.5 Å². The van der Waals surface area contributed by atoms with E-state index in [2.05, 4.69) is 15.0 Å². The minimum absolute atomic E-state index is 0.0235. The van der Waals surface area contributed by atoms with E-state index in [4.69, 9.17) is 0 Å². The van der Waals surface area contributed by atoms with Crippen LogP contribution < -0.4 is 5.32 Å². The van der Waals surface area contributed by atoms with Crippen LogP contribution in [0.25, 0.3) is 0 Å². The lowest BCUT2D eigenvalue weighted by Gasteiger charge is -2.32. The van der Waals surface area contributed by atoms with Crippen LogP contribution in [0.1, 0.15) is 28.8 Å². The summed E-state index contributed by atoms with van der Waals surface area (Å²) in [5.74, 6) is -0.770. The molecule has 1 N–H and O–H groups in total. The molecule has 2 aromatic rings. The standard InChI is InChI=1S/C21H23FN2O3/c1-27-21(26)16-6-10-19(11-7-16)23-20(25)17-3-2-12-24(14-17)13-15-4-8-18(22)9-5-15/h4-11,17H,2-3,12-14H2,1H3,(H,23,25). The monoisotopic (exact) mass is 370 g/mol. The Bertz CT molecular complexity index is 790. The lowest BCUT2D eigenvalue weighted by Crippen LogP contribution is -2.40. The molecule has 0 bridgehead atoms. The predicted octanol–water partition coefficient (Wildman–Crippen LogP) is 3.46. The molecule has 0 aromatic heterocycles. The number of benzene rings is 2. The van der Waals surface area contributed by atoms with E-state index in [1.54, 1.807) is 36.4 Å². The van der Waals surface area contributed by atoms with E-state index in [1.807, 2.05) is 0 Å². The summed E-state index contributed by atoms with van der Waals surface area (Å²) in [6, 6.07) is 13.1. The number of methoxy groups -OCH3 is 1. The Kier molecular flexibility index (Phi) is 6.19. The molecule has 0 radical (unpaired) electrons. The number of halogens is 1. The van der Waals surface area contributed by atoms with Gasteiger partial charge in [-0.15, -0.1) is 0 Å². The summed E-state index contributed by atoms with van der Waals surface area (Å²) >= 11 is 0. The van der Waals surface area contributed by atoms with Crippen molar-refractivity contribution in [1.82, 2.24) is 4.90 Å². The number of likely N-dealkylation sites (tertiary alicyclic amines) is 1. The van der Waals surface area contributed by atoms with E-state index in [9.17, 15) is 14.0 Å². The smallest absolute Gasteiger partial charge is 0.337 e. The molecule has 0 saturated carbocycles. The molecule has 1 aliphatic rings. The van der Waals surface area contributed by atoms with Gasteiger partial charge in [0, 0.05) is 18.8 Å². The molecule has 1 atom stereocenters. The molecular weight excluding hydrogens is 347 g/mol. The number of esters is 1. The van der Waals surface area contributed by atoms with Crippen molar-refractivity contribution < 1.29 is 18.7 Å².